The predicted molar refractivity (Wildman–Crippen MR) is 59.1 cm³/mol. The fraction of sp³-hybridized carbons (Fsp3) is 0.667. The maximum atomic E-state index is 11.6. The molecule has 0 aromatic heterocycles. The Labute approximate surface area is 103 Å². The summed E-state index contributed by atoms with van der Waals surface area (Å²) in [7, 11) is 0. The Hall–Kier alpha value is -1.87. The van der Waals surface area contributed by atoms with Gasteiger partial charge in [0.15, 0.2) is 6.04 Å². The van der Waals surface area contributed by atoms with Gasteiger partial charge in [-0.2, -0.15) is 5.53 Å². The normalized spacial score (nSPS) is 12.7. The molecule has 1 amide bonds. The van der Waals surface area contributed by atoms with Crippen molar-refractivity contribution in [2.75, 3.05) is 0 Å². The molecular formula is C9H17N3O6. The first-order valence-electron chi connectivity index (χ1n) is 5.01. The van der Waals surface area contributed by atoms with E-state index in [9.17, 15) is 14.4 Å². The number of hydrazine groups is 2. The lowest BCUT2D eigenvalue weighted by Gasteiger charge is -2.29. The molecular weight excluding hydrogens is 246 g/mol. The van der Waals surface area contributed by atoms with Crippen LogP contribution in [0.4, 0.5) is 4.79 Å². The summed E-state index contributed by atoms with van der Waals surface area (Å²) in [4.78, 5) is 33.1. The van der Waals surface area contributed by atoms with Crippen molar-refractivity contribution >= 4 is 18.0 Å². The topological polar surface area (TPSA) is 142 Å². The second-order valence-electron chi connectivity index (χ2n) is 4.43. The Kier molecular flexibility index (Phi) is 5.53. The number of aliphatic carboxylic acids is 2. The smallest absolute Gasteiger partial charge is 0.426 e. The molecule has 1 atom stereocenters. The van der Waals surface area contributed by atoms with Crippen LogP contribution in [-0.2, 0) is 14.3 Å². The summed E-state index contributed by atoms with van der Waals surface area (Å²) in [6.07, 6.45) is -1.88. The summed E-state index contributed by atoms with van der Waals surface area (Å²) in [5, 5.41) is 17.9. The summed E-state index contributed by atoms with van der Waals surface area (Å²) in [5.74, 6) is 2.13. The van der Waals surface area contributed by atoms with E-state index in [4.69, 9.17) is 20.8 Å². The van der Waals surface area contributed by atoms with E-state index in [2.05, 4.69) is 0 Å². The maximum absolute atomic E-state index is 11.6. The summed E-state index contributed by atoms with van der Waals surface area (Å²) < 4.78 is 4.89. The highest BCUT2D eigenvalue weighted by molar-refractivity contribution is 5.84. The van der Waals surface area contributed by atoms with Gasteiger partial charge in [0.05, 0.1) is 6.42 Å². The second kappa shape index (κ2) is 6.17. The molecule has 9 heteroatoms. The quantitative estimate of drug-likeness (QED) is 0.385. The molecule has 0 aromatic rings. The van der Waals surface area contributed by atoms with E-state index in [1.54, 1.807) is 20.8 Å². The zero-order chi connectivity index (χ0) is 14.5. The number of nitrogens with one attached hydrogen (secondary N) is 1. The van der Waals surface area contributed by atoms with E-state index < -0.39 is 36.1 Å². The maximum Gasteiger partial charge on any atom is 0.426 e. The first-order chi connectivity index (χ1) is 8.08. The molecule has 0 bridgehead atoms. The lowest BCUT2D eigenvalue weighted by molar-refractivity contribution is -0.150. The van der Waals surface area contributed by atoms with Gasteiger partial charge in [-0.25, -0.2) is 14.6 Å². The first kappa shape index (κ1) is 16.1. The number of rotatable bonds is 5. The second-order valence-corrected chi connectivity index (χ2v) is 4.43. The van der Waals surface area contributed by atoms with Gasteiger partial charge in [-0.3, -0.25) is 10.6 Å². The summed E-state index contributed by atoms with van der Waals surface area (Å²) in [5.41, 5.74) is 0.963. The van der Waals surface area contributed by atoms with Crippen LogP contribution in [0, 0.1) is 0 Å². The molecule has 5 N–H and O–H groups in total. The molecule has 0 aromatic carbocycles. The van der Waals surface area contributed by atoms with E-state index in [-0.39, 0.29) is 0 Å². The van der Waals surface area contributed by atoms with Crippen molar-refractivity contribution < 1.29 is 29.3 Å². The van der Waals surface area contributed by atoms with Crippen LogP contribution < -0.4 is 11.4 Å². The van der Waals surface area contributed by atoms with Crippen LogP contribution in [0.15, 0.2) is 0 Å². The minimum atomic E-state index is -1.66. The van der Waals surface area contributed by atoms with Crippen molar-refractivity contribution in [1.29, 1.82) is 0 Å². The zero-order valence-electron chi connectivity index (χ0n) is 10.3. The van der Waals surface area contributed by atoms with Gasteiger partial charge in [0.2, 0.25) is 0 Å². The lowest BCUT2D eigenvalue weighted by atomic mass is 10.2. The van der Waals surface area contributed by atoms with Gasteiger partial charge < -0.3 is 14.9 Å². The number of ether oxygens (including phenoxy) is 1. The van der Waals surface area contributed by atoms with Crippen molar-refractivity contribution in [2.24, 2.45) is 5.84 Å². The van der Waals surface area contributed by atoms with Crippen molar-refractivity contribution in [1.82, 2.24) is 10.5 Å². The largest absolute Gasteiger partial charge is 0.481 e. The molecule has 0 aliphatic rings. The van der Waals surface area contributed by atoms with Crippen LogP contribution in [0.5, 0.6) is 0 Å². The molecule has 0 aliphatic heterocycles. The number of carbonyl (C=O) groups is 3. The molecule has 0 fully saturated rings. The van der Waals surface area contributed by atoms with E-state index in [0.29, 0.717) is 5.01 Å². The lowest BCUT2D eigenvalue weighted by Crippen LogP contribution is -2.57. The molecule has 9 nitrogen and oxygen atoms in total. The van der Waals surface area contributed by atoms with Gasteiger partial charge in [-0.15, -0.1) is 0 Å². The van der Waals surface area contributed by atoms with E-state index in [1.165, 1.54) is 0 Å². The van der Waals surface area contributed by atoms with Gasteiger partial charge in [-0.1, -0.05) is 0 Å². The standard InChI is InChI=1S/C9H17N3O6/c1-9(2,3)18-8(17)12(11-10)5(7(15)16)4-6(13)14/h5,11H,4,10H2,1-3H3,(H,13,14)(H,15,16). The first-order valence-corrected chi connectivity index (χ1v) is 5.01. The summed E-state index contributed by atoms with van der Waals surface area (Å²) in [6, 6.07) is -1.66. The number of hydrogen-bond donors (Lipinski definition) is 4. The summed E-state index contributed by atoms with van der Waals surface area (Å²) >= 11 is 0. The highest BCUT2D eigenvalue weighted by atomic mass is 16.6. The molecule has 104 valence electrons. The Morgan fingerprint density at radius 3 is 2.11 bits per heavy atom. The van der Waals surface area contributed by atoms with Crippen LogP contribution in [0.2, 0.25) is 0 Å². The number of carboxylic acid groups (broad SMARTS) is 2. The van der Waals surface area contributed by atoms with Crippen LogP contribution in [-0.4, -0.2) is 44.9 Å². The Bertz CT molecular complexity index is 338. The molecule has 0 saturated carbocycles. The van der Waals surface area contributed by atoms with Gasteiger partial charge in [0.25, 0.3) is 0 Å². The third-order valence-electron chi connectivity index (χ3n) is 1.69. The molecule has 1 unspecified atom stereocenters. The minimum absolute atomic E-state index is 0.418. The van der Waals surface area contributed by atoms with Crippen LogP contribution >= 0.6 is 0 Å². The predicted octanol–water partition coefficient (Wildman–Crippen LogP) is -0.470. The van der Waals surface area contributed by atoms with Crippen molar-refractivity contribution in [2.45, 2.75) is 38.8 Å². The molecule has 0 radical (unpaired) electrons. The van der Waals surface area contributed by atoms with Gasteiger partial charge in [0, 0.05) is 0 Å². The molecule has 0 saturated heterocycles. The zero-order valence-corrected chi connectivity index (χ0v) is 10.3. The van der Waals surface area contributed by atoms with Gasteiger partial charge in [-0.05, 0) is 20.8 Å². The van der Waals surface area contributed by atoms with Crippen LogP contribution in [0.3, 0.4) is 0 Å². The van der Waals surface area contributed by atoms with Gasteiger partial charge in [0.1, 0.15) is 5.60 Å². The van der Waals surface area contributed by atoms with E-state index in [0.717, 1.165) is 0 Å². The monoisotopic (exact) mass is 263 g/mol. The number of hydrogen-bond acceptors (Lipinski definition) is 6. The van der Waals surface area contributed by atoms with Crippen molar-refractivity contribution in [3.05, 3.63) is 0 Å². The Morgan fingerprint density at radius 2 is 1.83 bits per heavy atom. The third kappa shape index (κ3) is 5.46. The number of carboxylic acids is 2. The number of carbonyl (C=O) groups excluding carboxylic acids is 1. The van der Waals surface area contributed by atoms with Crippen LogP contribution in [0.1, 0.15) is 27.2 Å². The Morgan fingerprint density at radius 1 is 1.33 bits per heavy atom. The average molecular weight is 263 g/mol. The number of amides is 1. The fourth-order valence-corrected chi connectivity index (χ4v) is 1.04. The third-order valence-corrected chi connectivity index (χ3v) is 1.69. The highest BCUT2D eigenvalue weighted by Gasteiger charge is 2.34. The highest BCUT2D eigenvalue weighted by Crippen LogP contribution is 2.12. The molecule has 0 heterocycles. The van der Waals surface area contributed by atoms with Crippen LogP contribution in [0.25, 0.3) is 0 Å². The van der Waals surface area contributed by atoms with Crippen molar-refractivity contribution in [3.8, 4) is 0 Å². The molecule has 0 aliphatic carbocycles. The Balaban J connectivity index is 4.95. The minimum Gasteiger partial charge on any atom is -0.481 e. The molecule has 0 rings (SSSR count). The molecule has 18 heavy (non-hydrogen) atoms. The van der Waals surface area contributed by atoms with Crippen molar-refractivity contribution in [3.63, 3.8) is 0 Å². The average Bonchev–Trinajstić information content (AvgIpc) is 2.13. The fourth-order valence-electron chi connectivity index (χ4n) is 1.04. The van der Waals surface area contributed by atoms with Gasteiger partial charge >= 0.3 is 18.0 Å². The number of nitrogens with zero attached hydrogens (tertiary/aromatic N) is 1. The molecule has 0 spiro atoms. The SMILES string of the molecule is CC(C)(C)OC(=O)N(NN)C(CC(=O)O)C(=O)O. The van der Waals surface area contributed by atoms with E-state index >= 15 is 0 Å². The summed E-state index contributed by atoms with van der Waals surface area (Å²) in [6.45, 7) is 4.73. The number of nitrogens with two attached hydrogens (primary N) is 1. The van der Waals surface area contributed by atoms with E-state index in [1.807, 2.05) is 5.53 Å².